The largest absolute Gasteiger partial charge is 0.369 e. The second kappa shape index (κ2) is 13.2. The molecule has 5 nitrogen and oxygen atoms in total. The van der Waals surface area contributed by atoms with Crippen LogP contribution < -0.4 is 5.73 Å². The van der Waals surface area contributed by atoms with Crippen molar-refractivity contribution in [2.45, 2.75) is 97.9 Å². The highest BCUT2D eigenvalue weighted by Gasteiger charge is 2.32. The fourth-order valence-electron chi connectivity index (χ4n) is 2.96. The molecule has 0 radical (unpaired) electrons. The Kier molecular flexibility index (Phi) is 12.6. The Morgan fingerprint density at radius 2 is 1.50 bits per heavy atom. The third kappa shape index (κ3) is 9.26. The molecule has 0 fully saturated rings. The molecule has 3 N–H and O–H groups in total. The lowest BCUT2D eigenvalue weighted by molar-refractivity contribution is -0.183. The molecule has 24 heavy (non-hydrogen) atoms. The Morgan fingerprint density at radius 3 is 2.00 bits per heavy atom. The Balaban J connectivity index is 4.76. The van der Waals surface area contributed by atoms with E-state index in [0.717, 1.165) is 43.6 Å². The summed E-state index contributed by atoms with van der Waals surface area (Å²) < 4.78 is 0. The van der Waals surface area contributed by atoms with Crippen molar-refractivity contribution in [1.29, 1.82) is 0 Å². The van der Waals surface area contributed by atoms with Crippen LogP contribution in [0.1, 0.15) is 91.9 Å². The van der Waals surface area contributed by atoms with Crippen molar-refractivity contribution in [3.05, 3.63) is 0 Å². The quantitative estimate of drug-likeness (QED) is 0.214. The van der Waals surface area contributed by atoms with Gasteiger partial charge >= 0.3 is 0 Å². The van der Waals surface area contributed by atoms with E-state index in [9.17, 15) is 14.8 Å². The number of nitrogens with two attached hydrogens (primary N) is 1. The van der Waals surface area contributed by atoms with E-state index in [2.05, 4.69) is 13.8 Å². The van der Waals surface area contributed by atoms with Crippen LogP contribution in [0.4, 0.5) is 0 Å². The highest BCUT2D eigenvalue weighted by Crippen LogP contribution is 2.20. The monoisotopic (exact) mass is 342 g/mol. The zero-order valence-electron chi connectivity index (χ0n) is 16.1. The van der Waals surface area contributed by atoms with Crippen LogP contribution in [0.3, 0.4) is 0 Å². The topological polar surface area (TPSA) is 83.6 Å². The number of carbonyl (C=O) groups excluding carboxylic acids is 2. The summed E-state index contributed by atoms with van der Waals surface area (Å²) in [5, 5.41) is 11.2. The number of hydrogen-bond donors (Lipinski definition) is 2. The van der Waals surface area contributed by atoms with Gasteiger partial charge in [-0.2, -0.15) is 0 Å². The smallest absolute Gasteiger partial charge is 0.258 e. The van der Waals surface area contributed by atoms with Gasteiger partial charge in [0.15, 0.2) is 0 Å². The lowest BCUT2D eigenvalue weighted by Crippen LogP contribution is -2.45. The predicted octanol–water partition coefficient (Wildman–Crippen LogP) is 4.27. The number of hydroxylamine groups is 2. The Hall–Kier alpha value is -1.10. The van der Waals surface area contributed by atoms with Crippen molar-refractivity contribution >= 4 is 11.8 Å². The zero-order valence-corrected chi connectivity index (χ0v) is 16.1. The molecule has 0 aliphatic rings. The van der Waals surface area contributed by atoms with Crippen LogP contribution in [0.25, 0.3) is 0 Å². The molecule has 2 amide bonds. The average Bonchev–Trinajstić information content (AvgIpc) is 2.53. The van der Waals surface area contributed by atoms with Gasteiger partial charge in [-0.15, -0.1) is 0 Å². The second-order valence-electron chi connectivity index (χ2n) is 7.27. The molecule has 2 unspecified atom stereocenters. The van der Waals surface area contributed by atoms with Gasteiger partial charge in [-0.25, -0.2) is 5.06 Å². The highest BCUT2D eigenvalue weighted by molar-refractivity contribution is 5.99. The van der Waals surface area contributed by atoms with Gasteiger partial charge in [0.2, 0.25) is 5.91 Å². The number of primary amides is 1. The molecule has 0 rings (SSSR count). The van der Waals surface area contributed by atoms with E-state index < -0.39 is 17.7 Å². The van der Waals surface area contributed by atoms with E-state index in [1.54, 1.807) is 0 Å². The second-order valence-corrected chi connectivity index (χ2v) is 7.27. The molecule has 0 saturated carbocycles. The van der Waals surface area contributed by atoms with Crippen molar-refractivity contribution in [2.75, 3.05) is 0 Å². The molecule has 0 aliphatic carbocycles. The van der Waals surface area contributed by atoms with Gasteiger partial charge in [0.25, 0.3) is 5.91 Å². The zero-order chi connectivity index (χ0) is 18.5. The molecule has 0 aromatic rings. The highest BCUT2D eigenvalue weighted by atomic mass is 16.5. The summed E-state index contributed by atoms with van der Waals surface area (Å²) >= 11 is 0. The first-order chi connectivity index (χ1) is 11.3. The van der Waals surface area contributed by atoms with Gasteiger partial charge in [-0.1, -0.05) is 72.6 Å². The third-order valence-electron chi connectivity index (χ3n) is 4.45. The van der Waals surface area contributed by atoms with Gasteiger partial charge in [-0.05, 0) is 25.2 Å². The van der Waals surface area contributed by atoms with Crippen molar-refractivity contribution in [1.82, 2.24) is 5.06 Å². The lowest BCUT2D eigenvalue weighted by atomic mass is 9.94. The summed E-state index contributed by atoms with van der Waals surface area (Å²) in [7, 11) is 0. The molecule has 142 valence electrons. The summed E-state index contributed by atoms with van der Waals surface area (Å²) in [6.07, 6.45) is 9.59. The minimum atomic E-state index is -0.931. The van der Waals surface area contributed by atoms with E-state index in [-0.39, 0.29) is 12.0 Å². The number of amides is 2. The number of rotatable bonds is 14. The van der Waals surface area contributed by atoms with Crippen molar-refractivity contribution in [3.8, 4) is 0 Å². The van der Waals surface area contributed by atoms with E-state index in [0.29, 0.717) is 6.42 Å². The molecule has 0 bridgehead atoms. The Morgan fingerprint density at radius 1 is 0.958 bits per heavy atom. The molecule has 2 atom stereocenters. The first-order valence-corrected chi connectivity index (χ1v) is 9.66. The number of carbonyl (C=O) groups is 2. The lowest BCUT2D eigenvalue weighted by Gasteiger charge is -2.29. The van der Waals surface area contributed by atoms with Crippen LogP contribution in [0.2, 0.25) is 0 Å². The van der Waals surface area contributed by atoms with E-state index in [1.807, 2.05) is 13.8 Å². The van der Waals surface area contributed by atoms with Crippen molar-refractivity contribution in [3.63, 3.8) is 0 Å². The summed E-state index contributed by atoms with van der Waals surface area (Å²) in [5.41, 5.74) is 5.38. The summed E-state index contributed by atoms with van der Waals surface area (Å²) in [6.45, 7) is 8.14. The van der Waals surface area contributed by atoms with Gasteiger partial charge in [0.05, 0.1) is 6.04 Å². The normalized spacial score (nSPS) is 13.8. The molecule has 0 aromatic heterocycles. The third-order valence-corrected chi connectivity index (χ3v) is 4.45. The fourth-order valence-corrected chi connectivity index (χ4v) is 2.96. The SMILES string of the molecule is CCCCCCCC(CCCC)N(O)C(=O)C(CC(C)C)C(N)=O. The summed E-state index contributed by atoms with van der Waals surface area (Å²) in [5.74, 6) is -1.95. The number of unbranched alkanes of at least 4 members (excludes halogenated alkanes) is 5. The van der Waals surface area contributed by atoms with Crippen molar-refractivity contribution < 1.29 is 14.8 Å². The molecule has 0 aromatic carbocycles. The van der Waals surface area contributed by atoms with Crippen LogP contribution in [-0.4, -0.2) is 28.1 Å². The minimum Gasteiger partial charge on any atom is -0.369 e. The molecule has 0 saturated heterocycles. The first kappa shape index (κ1) is 22.9. The maximum atomic E-state index is 12.5. The number of nitrogens with zero attached hydrogens (tertiary/aromatic N) is 1. The van der Waals surface area contributed by atoms with E-state index in [1.165, 1.54) is 19.3 Å². The van der Waals surface area contributed by atoms with Crippen LogP contribution >= 0.6 is 0 Å². The van der Waals surface area contributed by atoms with Gasteiger partial charge in [0.1, 0.15) is 5.92 Å². The fraction of sp³-hybridized carbons (Fsp3) is 0.895. The molecule has 5 heteroatoms. The van der Waals surface area contributed by atoms with Crippen molar-refractivity contribution in [2.24, 2.45) is 17.6 Å². The average molecular weight is 343 g/mol. The molecule has 0 heterocycles. The molecular weight excluding hydrogens is 304 g/mol. The van der Waals surface area contributed by atoms with Gasteiger partial charge in [0, 0.05) is 0 Å². The first-order valence-electron chi connectivity index (χ1n) is 9.66. The van der Waals surface area contributed by atoms with Crippen LogP contribution in [0.15, 0.2) is 0 Å². The van der Waals surface area contributed by atoms with E-state index >= 15 is 0 Å². The van der Waals surface area contributed by atoms with Crippen LogP contribution in [0.5, 0.6) is 0 Å². The maximum Gasteiger partial charge on any atom is 0.258 e. The standard InChI is InChI=1S/C19H38N2O3/c1-5-7-9-10-11-13-16(12-8-6-2)21(24)19(23)17(18(20)22)14-15(3)4/h15-17,24H,5-14H2,1-4H3,(H2,20,22). The van der Waals surface area contributed by atoms with Gasteiger partial charge < -0.3 is 5.73 Å². The molecule has 0 aliphatic heterocycles. The molecular formula is C19H38N2O3. The maximum absolute atomic E-state index is 12.5. The summed E-state index contributed by atoms with van der Waals surface area (Å²) in [4.78, 5) is 24.1. The van der Waals surface area contributed by atoms with Gasteiger partial charge in [-0.3, -0.25) is 14.8 Å². The number of hydrogen-bond acceptors (Lipinski definition) is 3. The Bertz CT molecular complexity index is 359. The Labute approximate surface area is 147 Å². The van der Waals surface area contributed by atoms with Crippen LogP contribution in [-0.2, 0) is 9.59 Å². The predicted molar refractivity (Wildman–Crippen MR) is 97.5 cm³/mol. The minimum absolute atomic E-state index is 0.169. The summed E-state index contributed by atoms with van der Waals surface area (Å²) in [6, 6.07) is -0.215. The molecule has 0 spiro atoms. The van der Waals surface area contributed by atoms with Crippen LogP contribution in [0, 0.1) is 11.8 Å². The van der Waals surface area contributed by atoms with E-state index in [4.69, 9.17) is 5.73 Å².